The molecule has 1 aliphatic heterocycles. The number of nitrogen functional groups attached to an aromatic ring is 2. The lowest BCUT2D eigenvalue weighted by atomic mass is 9.90. The Kier molecular flexibility index (Phi) is 2.71. The minimum Gasteiger partial charge on any atom is -0.383 e. The van der Waals surface area contributed by atoms with Crippen LogP contribution in [0.2, 0.25) is 0 Å². The van der Waals surface area contributed by atoms with Crippen LogP contribution in [0.25, 0.3) is 10.9 Å². The van der Waals surface area contributed by atoms with E-state index in [-0.39, 0.29) is 5.95 Å². The SMILES string of the molecule is Nc1nc(N)c2c(C3CCOCC3)cncc2n1. The van der Waals surface area contributed by atoms with E-state index in [4.69, 9.17) is 16.2 Å². The van der Waals surface area contributed by atoms with Crippen LogP contribution >= 0.6 is 0 Å². The van der Waals surface area contributed by atoms with Gasteiger partial charge in [0.15, 0.2) is 0 Å². The number of hydrogen-bond donors (Lipinski definition) is 2. The molecule has 2 aromatic rings. The zero-order valence-corrected chi connectivity index (χ0v) is 9.97. The second-order valence-corrected chi connectivity index (χ2v) is 4.48. The second kappa shape index (κ2) is 4.38. The predicted molar refractivity (Wildman–Crippen MR) is 69.0 cm³/mol. The van der Waals surface area contributed by atoms with E-state index in [0.717, 1.165) is 37.0 Å². The standard InChI is InChI=1S/C12H15N5O/c13-11-10-8(7-1-3-18-4-2-7)5-15-6-9(10)16-12(14)17-11/h5-7H,1-4H2,(H4,13,14,16,17). The smallest absolute Gasteiger partial charge is 0.222 e. The summed E-state index contributed by atoms with van der Waals surface area (Å²) in [6, 6.07) is 0. The number of hydrogen-bond acceptors (Lipinski definition) is 6. The Morgan fingerprint density at radius 1 is 1.11 bits per heavy atom. The highest BCUT2D eigenvalue weighted by Gasteiger charge is 2.20. The summed E-state index contributed by atoms with van der Waals surface area (Å²) < 4.78 is 5.38. The van der Waals surface area contributed by atoms with Crippen molar-refractivity contribution in [1.29, 1.82) is 0 Å². The van der Waals surface area contributed by atoms with Gasteiger partial charge in [-0.3, -0.25) is 4.98 Å². The average Bonchev–Trinajstić information content (AvgIpc) is 2.38. The molecule has 1 fully saturated rings. The first-order chi connectivity index (χ1) is 8.75. The molecule has 1 saturated heterocycles. The molecular formula is C12H15N5O. The van der Waals surface area contributed by atoms with Crippen molar-refractivity contribution >= 4 is 22.7 Å². The number of fused-ring (bicyclic) bond motifs is 1. The van der Waals surface area contributed by atoms with Gasteiger partial charge in [-0.2, -0.15) is 4.98 Å². The van der Waals surface area contributed by atoms with Crippen LogP contribution in [0.4, 0.5) is 11.8 Å². The van der Waals surface area contributed by atoms with Crippen LogP contribution in [0.5, 0.6) is 0 Å². The van der Waals surface area contributed by atoms with E-state index in [0.29, 0.717) is 17.3 Å². The van der Waals surface area contributed by atoms with E-state index >= 15 is 0 Å². The minimum absolute atomic E-state index is 0.186. The molecule has 0 aliphatic carbocycles. The Morgan fingerprint density at radius 2 is 1.89 bits per heavy atom. The molecule has 0 saturated carbocycles. The van der Waals surface area contributed by atoms with Gasteiger partial charge < -0.3 is 16.2 Å². The van der Waals surface area contributed by atoms with Gasteiger partial charge in [0.2, 0.25) is 5.95 Å². The molecular weight excluding hydrogens is 230 g/mol. The number of nitrogens with two attached hydrogens (primary N) is 2. The molecule has 0 atom stereocenters. The van der Waals surface area contributed by atoms with Gasteiger partial charge >= 0.3 is 0 Å². The maximum Gasteiger partial charge on any atom is 0.222 e. The van der Waals surface area contributed by atoms with Crippen molar-refractivity contribution in [2.24, 2.45) is 0 Å². The Bertz CT molecular complexity index is 580. The summed E-state index contributed by atoms with van der Waals surface area (Å²) in [7, 11) is 0. The van der Waals surface area contributed by atoms with Crippen molar-refractivity contribution in [3.8, 4) is 0 Å². The lowest BCUT2D eigenvalue weighted by Gasteiger charge is -2.23. The van der Waals surface area contributed by atoms with Crippen LogP contribution in [-0.4, -0.2) is 28.2 Å². The Labute approximate surface area is 104 Å². The summed E-state index contributed by atoms with van der Waals surface area (Å²) >= 11 is 0. The molecule has 0 bridgehead atoms. The molecule has 1 aliphatic rings. The highest BCUT2D eigenvalue weighted by molar-refractivity contribution is 5.91. The fourth-order valence-corrected chi connectivity index (χ4v) is 2.47. The van der Waals surface area contributed by atoms with Crippen molar-refractivity contribution < 1.29 is 4.74 Å². The average molecular weight is 245 g/mol. The number of rotatable bonds is 1. The fourth-order valence-electron chi connectivity index (χ4n) is 2.47. The van der Waals surface area contributed by atoms with Crippen molar-refractivity contribution in [2.75, 3.05) is 24.7 Å². The van der Waals surface area contributed by atoms with E-state index in [1.807, 2.05) is 6.20 Å². The van der Waals surface area contributed by atoms with Crippen LogP contribution in [-0.2, 0) is 4.74 Å². The van der Waals surface area contributed by atoms with Gasteiger partial charge in [-0.05, 0) is 24.3 Å². The van der Waals surface area contributed by atoms with Gasteiger partial charge in [0, 0.05) is 24.8 Å². The van der Waals surface area contributed by atoms with Crippen molar-refractivity contribution in [1.82, 2.24) is 15.0 Å². The Balaban J connectivity index is 2.16. The summed E-state index contributed by atoms with van der Waals surface area (Å²) in [5.41, 5.74) is 13.4. The molecule has 6 nitrogen and oxygen atoms in total. The van der Waals surface area contributed by atoms with E-state index < -0.39 is 0 Å². The molecule has 3 heterocycles. The first-order valence-electron chi connectivity index (χ1n) is 6.00. The molecule has 0 amide bonds. The lowest BCUT2D eigenvalue weighted by Crippen LogP contribution is -2.15. The van der Waals surface area contributed by atoms with E-state index in [9.17, 15) is 0 Å². The van der Waals surface area contributed by atoms with E-state index in [1.54, 1.807) is 6.20 Å². The zero-order chi connectivity index (χ0) is 12.5. The Morgan fingerprint density at radius 3 is 2.67 bits per heavy atom. The van der Waals surface area contributed by atoms with E-state index in [2.05, 4.69) is 15.0 Å². The molecule has 94 valence electrons. The second-order valence-electron chi connectivity index (χ2n) is 4.48. The quantitative estimate of drug-likeness (QED) is 0.779. The number of pyridine rings is 1. The van der Waals surface area contributed by atoms with Gasteiger partial charge in [0.05, 0.1) is 11.7 Å². The van der Waals surface area contributed by atoms with Gasteiger partial charge in [0.1, 0.15) is 5.82 Å². The van der Waals surface area contributed by atoms with Crippen molar-refractivity contribution in [2.45, 2.75) is 18.8 Å². The number of aromatic nitrogens is 3. The minimum atomic E-state index is 0.186. The van der Waals surface area contributed by atoms with Crippen LogP contribution in [0.15, 0.2) is 12.4 Å². The summed E-state index contributed by atoms with van der Waals surface area (Å²) in [5, 5.41) is 0.881. The predicted octanol–water partition coefficient (Wildman–Crippen LogP) is 1.08. The molecule has 18 heavy (non-hydrogen) atoms. The van der Waals surface area contributed by atoms with Gasteiger partial charge in [-0.1, -0.05) is 0 Å². The molecule has 2 aromatic heterocycles. The van der Waals surface area contributed by atoms with Crippen molar-refractivity contribution in [3.05, 3.63) is 18.0 Å². The van der Waals surface area contributed by atoms with E-state index in [1.165, 1.54) is 0 Å². The number of nitrogens with zero attached hydrogens (tertiary/aromatic N) is 3. The molecule has 4 N–H and O–H groups in total. The lowest BCUT2D eigenvalue weighted by molar-refractivity contribution is 0.0855. The third-order valence-electron chi connectivity index (χ3n) is 3.34. The molecule has 0 spiro atoms. The molecule has 3 rings (SSSR count). The maximum absolute atomic E-state index is 5.97. The molecule has 0 aromatic carbocycles. The van der Waals surface area contributed by atoms with Gasteiger partial charge in [-0.25, -0.2) is 4.98 Å². The number of ether oxygens (including phenoxy) is 1. The third kappa shape index (κ3) is 1.84. The van der Waals surface area contributed by atoms with Crippen LogP contribution in [0.1, 0.15) is 24.3 Å². The van der Waals surface area contributed by atoms with Gasteiger partial charge in [0.25, 0.3) is 0 Å². The first-order valence-corrected chi connectivity index (χ1v) is 6.00. The molecule has 0 unspecified atom stereocenters. The first kappa shape index (κ1) is 11.2. The van der Waals surface area contributed by atoms with Crippen LogP contribution < -0.4 is 11.5 Å². The van der Waals surface area contributed by atoms with Crippen molar-refractivity contribution in [3.63, 3.8) is 0 Å². The fraction of sp³-hybridized carbons (Fsp3) is 0.417. The summed E-state index contributed by atoms with van der Waals surface area (Å²) in [5.74, 6) is 1.02. The topological polar surface area (TPSA) is 99.9 Å². The van der Waals surface area contributed by atoms with Crippen LogP contribution in [0.3, 0.4) is 0 Å². The highest BCUT2D eigenvalue weighted by atomic mass is 16.5. The third-order valence-corrected chi connectivity index (χ3v) is 3.34. The normalized spacial score (nSPS) is 17.1. The molecule has 0 radical (unpaired) electrons. The highest BCUT2D eigenvalue weighted by Crippen LogP contribution is 2.33. The number of anilines is 2. The summed E-state index contributed by atoms with van der Waals surface area (Å²) in [4.78, 5) is 12.5. The summed E-state index contributed by atoms with van der Waals surface area (Å²) in [6.07, 6.45) is 5.48. The van der Waals surface area contributed by atoms with Gasteiger partial charge in [-0.15, -0.1) is 0 Å². The Hall–Kier alpha value is -1.95. The summed E-state index contributed by atoms with van der Waals surface area (Å²) in [6.45, 7) is 1.55. The monoisotopic (exact) mass is 245 g/mol. The zero-order valence-electron chi connectivity index (χ0n) is 9.97. The van der Waals surface area contributed by atoms with Crippen LogP contribution in [0, 0.1) is 0 Å². The largest absolute Gasteiger partial charge is 0.383 e. The maximum atomic E-state index is 5.97. The molecule has 6 heteroatoms.